The highest BCUT2D eigenvalue weighted by molar-refractivity contribution is 5.41. The Morgan fingerprint density at radius 1 is 0.892 bits per heavy atom. The number of β-amino-alcohol motifs (C(OH)–C–C–N with tert-alkyl or cyclic N) is 1. The van der Waals surface area contributed by atoms with Gasteiger partial charge in [-0.15, -0.1) is 0 Å². The Hall–Kier alpha value is -0.670. The molecule has 0 aromatic rings. The molecule has 6 aliphatic carbocycles. The van der Waals surface area contributed by atoms with Gasteiger partial charge < -0.3 is 10.4 Å². The molecular formula is C34H54FNO. The minimum absolute atomic E-state index is 0.158. The summed E-state index contributed by atoms with van der Waals surface area (Å²) in [6.45, 7) is 11.4. The average molecular weight is 512 g/mol. The predicted octanol–water partition coefficient (Wildman–Crippen LogP) is 8.02. The van der Waals surface area contributed by atoms with Gasteiger partial charge in [-0.2, -0.15) is 0 Å². The summed E-state index contributed by atoms with van der Waals surface area (Å²) < 4.78 is 13.3. The first-order valence-electron chi connectivity index (χ1n) is 16.0. The smallest absolute Gasteiger partial charge is 0.0925 e. The largest absolute Gasteiger partial charge is 0.395 e. The second kappa shape index (κ2) is 9.46. The van der Waals surface area contributed by atoms with Crippen molar-refractivity contribution in [3.05, 3.63) is 23.3 Å². The van der Waals surface area contributed by atoms with E-state index in [4.69, 9.17) is 0 Å². The quantitative estimate of drug-likeness (QED) is 0.392. The second-order valence-electron chi connectivity index (χ2n) is 15.4. The van der Waals surface area contributed by atoms with E-state index in [1.54, 1.807) is 11.1 Å². The van der Waals surface area contributed by atoms with Crippen molar-refractivity contribution in [3.8, 4) is 0 Å². The SMILES string of the molecule is CC1(C)C(C2=CCC(CF)CC2)=CC[C@@]2(C)C1CCC1(C)C3CCC4(NCCO)CCCC4[C@H]3CCC12. The van der Waals surface area contributed by atoms with Crippen LogP contribution in [-0.2, 0) is 0 Å². The van der Waals surface area contributed by atoms with E-state index in [0.717, 1.165) is 55.4 Å². The fourth-order valence-electron chi connectivity index (χ4n) is 12.3. The maximum atomic E-state index is 13.3. The van der Waals surface area contributed by atoms with Crippen molar-refractivity contribution < 1.29 is 9.50 Å². The first kappa shape index (κ1) is 26.5. The Bertz CT molecular complexity index is 938. The van der Waals surface area contributed by atoms with Crippen molar-refractivity contribution in [1.82, 2.24) is 5.32 Å². The van der Waals surface area contributed by atoms with E-state index in [-0.39, 0.29) is 24.6 Å². The Labute approximate surface area is 226 Å². The third-order valence-corrected chi connectivity index (χ3v) is 13.8. The average Bonchev–Trinajstić information content (AvgIpc) is 3.32. The van der Waals surface area contributed by atoms with Gasteiger partial charge in [-0.05, 0) is 140 Å². The molecule has 0 bridgehead atoms. The molecule has 3 heteroatoms. The molecule has 0 spiro atoms. The van der Waals surface area contributed by atoms with Crippen LogP contribution in [0.5, 0.6) is 0 Å². The van der Waals surface area contributed by atoms with Crippen LogP contribution in [0.3, 0.4) is 0 Å². The third-order valence-electron chi connectivity index (χ3n) is 13.8. The molecule has 0 saturated heterocycles. The predicted molar refractivity (Wildman–Crippen MR) is 151 cm³/mol. The minimum Gasteiger partial charge on any atom is -0.395 e. The van der Waals surface area contributed by atoms with Gasteiger partial charge in [-0.3, -0.25) is 4.39 Å². The lowest BCUT2D eigenvalue weighted by Crippen LogP contribution is -2.63. The van der Waals surface area contributed by atoms with Crippen molar-refractivity contribution in [1.29, 1.82) is 0 Å². The van der Waals surface area contributed by atoms with Crippen LogP contribution in [0.25, 0.3) is 0 Å². The van der Waals surface area contributed by atoms with Gasteiger partial charge in [0, 0.05) is 12.1 Å². The summed E-state index contributed by atoms with van der Waals surface area (Å²) >= 11 is 0. The number of rotatable bonds is 5. The van der Waals surface area contributed by atoms with Crippen molar-refractivity contribution >= 4 is 0 Å². The van der Waals surface area contributed by atoms with E-state index in [1.807, 2.05) is 0 Å². The summed E-state index contributed by atoms with van der Waals surface area (Å²) in [5.74, 6) is 4.40. The van der Waals surface area contributed by atoms with E-state index in [9.17, 15) is 9.50 Å². The number of fused-ring (bicyclic) bond motifs is 7. The number of allylic oxidation sites excluding steroid dienone is 4. The van der Waals surface area contributed by atoms with Crippen LogP contribution in [-0.4, -0.2) is 30.5 Å². The van der Waals surface area contributed by atoms with Crippen molar-refractivity contribution in [2.24, 2.45) is 51.8 Å². The molecule has 7 unspecified atom stereocenters. The van der Waals surface area contributed by atoms with Gasteiger partial charge in [-0.1, -0.05) is 46.3 Å². The van der Waals surface area contributed by atoms with Gasteiger partial charge >= 0.3 is 0 Å². The van der Waals surface area contributed by atoms with Crippen LogP contribution in [0.4, 0.5) is 4.39 Å². The van der Waals surface area contributed by atoms with E-state index < -0.39 is 0 Å². The van der Waals surface area contributed by atoms with E-state index >= 15 is 0 Å². The zero-order valence-electron chi connectivity index (χ0n) is 24.3. The van der Waals surface area contributed by atoms with Gasteiger partial charge in [0.2, 0.25) is 0 Å². The monoisotopic (exact) mass is 511 g/mol. The maximum Gasteiger partial charge on any atom is 0.0925 e. The normalized spacial score (nSPS) is 48.7. The molecule has 6 rings (SSSR count). The van der Waals surface area contributed by atoms with Crippen LogP contribution in [0.15, 0.2) is 23.3 Å². The van der Waals surface area contributed by atoms with Crippen LogP contribution in [0.1, 0.15) is 111 Å². The van der Waals surface area contributed by atoms with Crippen LogP contribution in [0, 0.1) is 51.8 Å². The highest BCUT2D eigenvalue weighted by Gasteiger charge is 2.65. The van der Waals surface area contributed by atoms with Crippen LogP contribution in [0.2, 0.25) is 0 Å². The molecule has 0 radical (unpaired) electrons. The summed E-state index contributed by atoms with van der Waals surface area (Å²) in [4.78, 5) is 0. The molecule has 37 heavy (non-hydrogen) atoms. The molecule has 0 aromatic carbocycles. The molecule has 2 nitrogen and oxygen atoms in total. The van der Waals surface area contributed by atoms with Gasteiger partial charge in [0.05, 0.1) is 13.3 Å². The molecule has 208 valence electrons. The zero-order valence-corrected chi connectivity index (χ0v) is 24.3. The summed E-state index contributed by atoms with van der Waals surface area (Å²) in [6.07, 6.45) is 21.8. The topological polar surface area (TPSA) is 32.3 Å². The number of hydrogen-bond acceptors (Lipinski definition) is 2. The van der Waals surface area contributed by atoms with Gasteiger partial charge in [-0.25, -0.2) is 0 Å². The molecule has 0 aliphatic heterocycles. The highest BCUT2D eigenvalue weighted by atomic mass is 19.1. The molecule has 2 N–H and O–H groups in total. The molecule has 4 saturated carbocycles. The third kappa shape index (κ3) is 3.90. The van der Waals surface area contributed by atoms with E-state index in [0.29, 0.717) is 16.4 Å². The molecule has 4 fully saturated rings. The second-order valence-corrected chi connectivity index (χ2v) is 15.4. The van der Waals surface area contributed by atoms with Crippen molar-refractivity contribution in [3.63, 3.8) is 0 Å². The number of halogens is 1. The molecule has 6 aliphatic rings. The number of aliphatic hydroxyl groups is 1. The summed E-state index contributed by atoms with van der Waals surface area (Å²) in [6, 6.07) is 0. The molecule has 9 atom stereocenters. The van der Waals surface area contributed by atoms with Gasteiger partial charge in [0.15, 0.2) is 0 Å². The summed E-state index contributed by atoms with van der Waals surface area (Å²) in [7, 11) is 0. The zero-order chi connectivity index (χ0) is 26.1. The van der Waals surface area contributed by atoms with Gasteiger partial charge in [0.1, 0.15) is 0 Å². The standard InChI is InChI=1S/C34H54FNO/c1-31(2)26(24-9-7-23(22-35)8-10-24)13-17-33(4)29(31)15-18-32(3)27-14-19-34(36-20-21-37)16-5-6-28(34)25(27)11-12-30(32)33/h9,13,23,25,27-30,36-37H,5-8,10-12,14-22H2,1-4H3/t23?,25-,27?,28?,29?,30?,32?,33-,34?/m0/s1. The summed E-state index contributed by atoms with van der Waals surface area (Å²) in [5.41, 5.74) is 4.55. The Balaban J connectivity index is 1.27. The van der Waals surface area contributed by atoms with E-state index in [2.05, 4.69) is 45.2 Å². The Morgan fingerprint density at radius 3 is 2.46 bits per heavy atom. The lowest BCUT2D eigenvalue weighted by atomic mass is 9.37. The number of alkyl halides is 1. The first-order chi connectivity index (χ1) is 17.7. The summed E-state index contributed by atoms with van der Waals surface area (Å²) in [5, 5.41) is 13.4. The fraction of sp³-hybridized carbons (Fsp3) is 0.882. The number of aliphatic hydroxyl groups excluding tert-OH is 1. The highest BCUT2D eigenvalue weighted by Crippen LogP contribution is 2.72. The van der Waals surface area contributed by atoms with E-state index in [1.165, 1.54) is 64.2 Å². The van der Waals surface area contributed by atoms with Crippen LogP contribution >= 0.6 is 0 Å². The Morgan fingerprint density at radius 2 is 1.73 bits per heavy atom. The molecule has 0 amide bonds. The lowest BCUT2D eigenvalue weighted by molar-refractivity contribution is -0.175. The Kier molecular flexibility index (Phi) is 6.79. The van der Waals surface area contributed by atoms with Gasteiger partial charge in [0.25, 0.3) is 0 Å². The lowest BCUT2D eigenvalue weighted by Gasteiger charge is -2.68. The maximum absolute atomic E-state index is 13.3. The number of nitrogens with one attached hydrogen (secondary N) is 1. The molecule has 0 heterocycles. The minimum atomic E-state index is -0.158. The fourth-order valence-corrected chi connectivity index (χ4v) is 12.3. The van der Waals surface area contributed by atoms with Crippen LogP contribution < -0.4 is 5.32 Å². The van der Waals surface area contributed by atoms with Crippen molar-refractivity contribution in [2.75, 3.05) is 19.8 Å². The number of hydrogen-bond donors (Lipinski definition) is 2. The van der Waals surface area contributed by atoms with Crippen molar-refractivity contribution in [2.45, 2.75) is 117 Å². The molecule has 0 aromatic heterocycles. The first-order valence-corrected chi connectivity index (χ1v) is 16.0. The molecular weight excluding hydrogens is 457 g/mol.